The number of fused-ring (bicyclic) bond motifs is 3. The number of aryl methyl sites for hydroxylation is 1. The lowest BCUT2D eigenvalue weighted by molar-refractivity contribution is -0.157. The first-order valence-corrected chi connectivity index (χ1v) is 14.5. The molecule has 1 fully saturated rings. The number of allylic oxidation sites excluding steroid dienone is 2. The van der Waals surface area contributed by atoms with Crippen LogP contribution in [0.5, 0.6) is 5.75 Å². The first-order chi connectivity index (χ1) is 18.2. The van der Waals surface area contributed by atoms with Crippen molar-refractivity contribution in [3.05, 3.63) is 50.8 Å². The number of ketones is 3. The number of phenols is 1. The Morgan fingerprint density at radius 2 is 1.74 bits per heavy atom. The van der Waals surface area contributed by atoms with Gasteiger partial charge in [-0.3, -0.25) is 14.4 Å². The molecule has 3 N–H and O–H groups in total. The van der Waals surface area contributed by atoms with E-state index in [-0.39, 0.29) is 41.2 Å². The number of hydrogen-bond donors (Lipinski definition) is 3. The summed E-state index contributed by atoms with van der Waals surface area (Å²) in [5.74, 6) is -1.80. The minimum atomic E-state index is -2.38. The van der Waals surface area contributed by atoms with Gasteiger partial charge < -0.3 is 15.3 Å². The van der Waals surface area contributed by atoms with Crippen molar-refractivity contribution in [1.82, 2.24) is 0 Å². The summed E-state index contributed by atoms with van der Waals surface area (Å²) in [7, 11) is 0. The van der Waals surface area contributed by atoms with Gasteiger partial charge in [-0.2, -0.15) is 0 Å². The molecular formula is C33H42O6. The van der Waals surface area contributed by atoms with Crippen LogP contribution in [0.1, 0.15) is 119 Å². The maximum Gasteiger partial charge on any atom is 0.206 e. The Balaban J connectivity index is 1.68. The first-order valence-electron chi connectivity index (χ1n) is 14.5. The van der Waals surface area contributed by atoms with Crippen molar-refractivity contribution in [3.63, 3.8) is 0 Å². The molecule has 6 nitrogen and oxygen atoms in total. The van der Waals surface area contributed by atoms with Gasteiger partial charge in [-0.15, -0.1) is 0 Å². The number of carbonyl (C=O) groups is 3. The lowest BCUT2D eigenvalue weighted by Crippen LogP contribution is -2.63. The predicted octanol–water partition coefficient (Wildman–Crippen LogP) is 6.22. The molecule has 0 aliphatic heterocycles. The molecule has 1 aromatic carbocycles. The highest BCUT2D eigenvalue weighted by Gasteiger charge is 2.67. The number of hydrogen-bond acceptors (Lipinski definition) is 6. The third-order valence-corrected chi connectivity index (χ3v) is 10.3. The average Bonchev–Trinajstić information content (AvgIpc) is 3.34. The first kappa shape index (κ1) is 27.8. The van der Waals surface area contributed by atoms with Gasteiger partial charge in [0, 0.05) is 16.4 Å². The molecule has 5 rings (SSSR count). The number of aliphatic hydroxyl groups is 2. The van der Waals surface area contributed by atoms with Gasteiger partial charge in [0.25, 0.3) is 0 Å². The normalized spacial score (nSPS) is 31.1. The molecule has 6 heteroatoms. The van der Waals surface area contributed by atoms with Crippen LogP contribution in [0.3, 0.4) is 0 Å². The van der Waals surface area contributed by atoms with E-state index in [1.54, 1.807) is 13.8 Å². The second-order valence-corrected chi connectivity index (χ2v) is 13.6. The second kappa shape index (κ2) is 9.15. The summed E-state index contributed by atoms with van der Waals surface area (Å²) in [5.41, 5.74) is -1.11. The minimum Gasteiger partial charge on any atom is -0.508 e. The number of phenolic OH excluding ortho intramolecular Hbond substituents is 1. The van der Waals surface area contributed by atoms with E-state index < -0.39 is 39.5 Å². The topological polar surface area (TPSA) is 112 Å². The molecule has 0 bridgehead atoms. The van der Waals surface area contributed by atoms with E-state index in [1.807, 2.05) is 6.92 Å². The standard InChI is InChI=1S/C33H42O6/c1-17(2)22-13-21(12-11-20-9-7-8-10-20)27(35)25-23(22)15-31(5)16-32(6)14-18(3)24(19(4)34)29(37)33(32,39)30(38)26(31)28(25)36/h13,17,20,35,38-39H,7-12,14-16H2,1-6H3/t31-,32+,33+/m1/s1. The fraction of sp³-hybridized carbons (Fsp3) is 0.606. The molecule has 3 atom stereocenters. The number of carbonyl (C=O) groups excluding carboxylic acids is 3. The molecular weight excluding hydrogens is 492 g/mol. The van der Waals surface area contributed by atoms with E-state index in [9.17, 15) is 29.7 Å². The highest BCUT2D eigenvalue weighted by molar-refractivity contribution is 6.25. The lowest BCUT2D eigenvalue weighted by atomic mass is 9.47. The Kier molecular flexibility index (Phi) is 6.53. The molecule has 0 radical (unpaired) electrons. The molecule has 4 aliphatic carbocycles. The van der Waals surface area contributed by atoms with Gasteiger partial charge in [0.15, 0.2) is 17.2 Å². The van der Waals surface area contributed by atoms with Crippen molar-refractivity contribution < 1.29 is 29.7 Å². The quantitative estimate of drug-likeness (QED) is 0.387. The van der Waals surface area contributed by atoms with Crippen molar-refractivity contribution in [1.29, 1.82) is 0 Å². The van der Waals surface area contributed by atoms with Crippen molar-refractivity contribution in [2.75, 3.05) is 0 Å². The number of aromatic hydroxyl groups is 1. The third kappa shape index (κ3) is 3.88. The van der Waals surface area contributed by atoms with Gasteiger partial charge in [-0.25, -0.2) is 0 Å². The molecule has 0 aromatic heterocycles. The van der Waals surface area contributed by atoms with Crippen molar-refractivity contribution in [2.45, 2.75) is 111 Å². The summed E-state index contributed by atoms with van der Waals surface area (Å²) in [4.78, 5) is 40.3. The van der Waals surface area contributed by atoms with Crippen molar-refractivity contribution in [2.24, 2.45) is 16.7 Å². The van der Waals surface area contributed by atoms with Gasteiger partial charge in [0.1, 0.15) is 11.5 Å². The van der Waals surface area contributed by atoms with Gasteiger partial charge in [-0.05, 0) is 74.5 Å². The van der Waals surface area contributed by atoms with E-state index in [2.05, 4.69) is 19.9 Å². The third-order valence-electron chi connectivity index (χ3n) is 10.3. The molecule has 210 valence electrons. The zero-order chi connectivity index (χ0) is 28.7. The fourth-order valence-electron chi connectivity index (χ4n) is 8.55. The van der Waals surface area contributed by atoms with Crippen LogP contribution in [0.25, 0.3) is 0 Å². The van der Waals surface area contributed by atoms with Crippen LogP contribution in [0.4, 0.5) is 0 Å². The van der Waals surface area contributed by atoms with E-state index >= 15 is 0 Å². The Bertz CT molecular complexity index is 1360. The summed E-state index contributed by atoms with van der Waals surface area (Å²) in [6.07, 6.45) is 7.43. The molecule has 0 spiro atoms. The highest BCUT2D eigenvalue weighted by Crippen LogP contribution is 2.62. The summed E-state index contributed by atoms with van der Waals surface area (Å²) < 4.78 is 0. The van der Waals surface area contributed by atoms with E-state index in [0.29, 0.717) is 24.3 Å². The summed E-state index contributed by atoms with van der Waals surface area (Å²) in [5, 5.41) is 35.1. The van der Waals surface area contributed by atoms with Gasteiger partial charge in [0.2, 0.25) is 5.78 Å². The maximum atomic E-state index is 14.3. The number of aliphatic hydroxyl groups excluding tert-OH is 1. The number of Topliss-reactive ketones (excluding diaryl/α,β-unsaturated/α-hetero) is 3. The molecule has 0 amide bonds. The maximum absolute atomic E-state index is 14.3. The fourth-order valence-corrected chi connectivity index (χ4v) is 8.55. The number of benzene rings is 1. The van der Waals surface area contributed by atoms with Gasteiger partial charge >= 0.3 is 0 Å². The van der Waals surface area contributed by atoms with Crippen LogP contribution < -0.4 is 0 Å². The molecule has 1 aromatic rings. The van der Waals surface area contributed by atoms with E-state index in [0.717, 1.165) is 23.1 Å². The Morgan fingerprint density at radius 3 is 2.33 bits per heavy atom. The van der Waals surface area contributed by atoms with Gasteiger partial charge in [0.05, 0.1) is 11.1 Å². The van der Waals surface area contributed by atoms with Crippen molar-refractivity contribution >= 4 is 17.3 Å². The highest BCUT2D eigenvalue weighted by atomic mass is 16.3. The van der Waals surface area contributed by atoms with Crippen LogP contribution in [0.2, 0.25) is 0 Å². The molecule has 0 unspecified atom stereocenters. The molecule has 1 saturated carbocycles. The van der Waals surface area contributed by atoms with Crippen LogP contribution in [0, 0.1) is 16.7 Å². The Morgan fingerprint density at radius 1 is 1.10 bits per heavy atom. The number of rotatable bonds is 5. The molecule has 4 aliphatic rings. The van der Waals surface area contributed by atoms with Crippen molar-refractivity contribution in [3.8, 4) is 5.75 Å². The molecule has 39 heavy (non-hydrogen) atoms. The Labute approximate surface area is 231 Å². The van der Waals surface area contributed by atoms with E-state index in [4.69, 9.17) is 0 Å². The predicted molar refractivity (Wildman–Crippen MR) is 149 cm³/mol. The summed E-state index contributed by atoms with van der Waals surface area (Å²) in [6, 6.07) is 2.07. The monoisotopic (exact) mass is 534 g/mol. The summed E-state index contributed by atoms with van der Waals surface area (Å²) >= 11 is 0. The lowest BCUT2D eigenvalue weighted by Gasteiger charge is -2.56. The zero-order valence-electron chi connectivity index (χ0n) is 24.2. The second-order valence-electron chi connectivity index (χ2n) is 13.6. The van der Waals surface area contributed by atoms with Crippen LogP contribution >= 0.6 is 0 Å². The SMILES string of the molecule is CC(=O)C1=C(C)C[C@@]2(C)C[C@@]3(C)Cc4c(C(C)C)cc(CCC5CCCC5)c(O)c4C(=O)C3=C(O)[C@@]2(O)C1=O. The molecule has 0 heterocycles. The van der Waals surface area contributed by atoms with Crippen LogP contribution in [-0.4, -0.2) is 38.3 Å². The summed E-state index contributed by atoms with van der Waals surface area (Å²) in [6.45, 7) is 10.8. The largest absolute Gasteiger partial charge is 0.508 e. The zero-order valence-corrected chi connectivity index (χ0v) is 24.2. The van der Waals surface area contributed by atoms with Gasteiger partial charge in [-0.1, -0.05) is 65.0 Å². The van der Waals surface area contributed by atoms with E-state index in [1.165, 1.54) is 32.6 Å². The average molecular weight is 535 g/mol. The smallest absolute Gasteiger partial charge is 0.206 e. The van der Waals surface area contributed by atoms with Crippen LogP contribution in [-0.2, 0) is 22.4 Å². The Hall–Kier alpha value is -2.73. The molecule has 0 saturated heterocycles. The minimum absolute atomic E-state index is 0.0104. The van der Waals surface area contributed by atoms with Crippen LogP contribution in [0.15, 0.2) is 28.5 Å².